The Morgan fingerprint density at radius 3 is 2.61 bits per heavy atom. The summed E-state index contributed by atoms with van der Waals surface area (Å²) in [4.78, 5) is 16.2. The third kappa shape index (κ3) is 4.32. The summed E-state index contributed by atoms with van der Waals surface area (Å²) in [6.07, 6.45) is 7.52. The van der Waals surface area contributed by atoms with E-state index in [1.165, 1.54) is 11.6 Å². The Morgan fingerprint density at radius 1 is 1.07 bits per heavy atom. The number of fused-ring (bicyclic) bond motifs is 1. The van der Waals surface area contributed by atoms with Gasteiger partial charge in [0.25, 0.3) is 0 Å². The Balaban J connectivity index is 1.37. The van der Waals surface area contributed by atoms with E-state index in [2.05, 4.69) is 10.3 Å². The number of nitrogens with zero attached hydrogens (tertiary/aromatic N) is 1. The van der Waals surface area contributed by atoms with Crippen molar-refractivity contribution < 1.29 is 14.3 Å². The van der Waals surface area contributed by atoms with Crippen molar-refractivity contribution in [2.45, 2.75) is 6.42 Å². The van der Waals surface area contributed by atoms with E-state index in [9.17, 15) is 4.79 Å². The number of hydrogen-bond acceptors (Lipinski definition) is 4. The van der Waals surface area contributed by atoms with Crippen LogP contribution in [0.3, 0.4) is 0 Å². The summed E-state index contributed by atoms with van der Waals surface area (Å²) in [7, 11) is 0. The van der Waals surface area contributed by atoms with Crippen molar-refractivity contribution in [3.05, 3.63) is 88.7 Å². The summed E-state index contributed by atoms with van der Waals surface area (Å²) in [6.45, 7) is 0.153. The summed E-state index contributed by atoms with van der Waals surface area (Å²) < 4.78 is 10.6. The number of halogens is 1. The highest BCUT2D eigenvalue weighted by Crippen LogP contribution is 2.40. The molecule has 0 radical (unpaired) electrons. The highest BCUT2D eigenvalue weighted by atomic mass is 35.5. The van der Waals surface area contributed by atoms with Gasteiger partial charge in [-0.25, -0.2) is 0 Å². The van der Waals surface area contributed by atoms with Crippen LogP contribution in [-0.2, 0) is 11.2 Å². The molecule has 3 aromatic rings. The number of aromatic nitrogens is 1. The van der Waals surface area contributed by atoms with E-state index < -0.39 is 0 Å². The second-order valence-electron chi connectivity index (χ2n) is 6.29. The van der Waals surface area contributed by atoms with E-state index in [0.717, 1.165) is 23.2 Å². The third-order valence-electron chi connectivity index (χ3n) is 4.26. The van der Waals surface area contributed by atoms with Gasteiger partial charge in [-0.15, -0.1) is 0 Å². The molecule has 0 aliphatic carbocycles. The van der Waals surface area contributed by atoms with Gasteiger partial charge in [0.2, 0.25) is 12.7 Å². The SMILES string of the molecule is O=C(/C=C/c1cc(Cl)c2c(c1)OCO2)Nc1ccc(Cc2ccncc2)cc1. The van der Waals surface area contributed by atoms with E-state index in [1.54, 1.807) is 30.6 Å². The van der Waals surface area contributed by atoms with Crippen LogP contribution in [0.15, 0.2) is 67.0 Å². The van der Waals surface area contributed by atoms with Crippen molar-refractivity contribution in [2.24, 2.45) is 0 Å². The fourth-order valence-electron chi connectivity index (χ4n) is 2.88. The van der Waals surface area contributed by atoms with Crippen molar-refractivity contribution in [3.63, 3.8) is 0 Å². The summed E-state index contributed by atoms with van der Waals surface area (Å²) in [5, 5.41) is 3.30. The largest absolute Gasteiger partial charge is 0.454 e. The number of nitrogens with one attached hydrogen (secondary N) is 1. The van der Waals surface area contributed by atoms with Gasteiger partial charge in [-0.05, 0) is 65.6 Å². The molecule has 0 unspecified atom stereocenters. The molecule has 140 valence electrons. The van der Waals surface area contributed by atoms with Crippen molar-refractivity contribution in [2.75, 3.05) is 12.1 Å². The van der Waals surface area contributed by atoms with Crippen LogP contribution in [0.5, 0.6) is 11.5 Å². The van der Waals surface area contributed by atoms with Crippen LogP contribution in [-0.4, -0.2) is 17.7 Å². The molecule has 0 spiro atoms. The van der Waals surface area contributed by atoms with E-state index in [4.69, 9.17) is 21.1 Å². The minimum Gasteiger partial charge on any atom is -0.454 e. The van der Waals surface area contributed by atoms with Crippen molar-refractivity contribution in [1.29, 1.82) is 0 Å². The maximum atomic E-state index is 12.2. The summed E-state index contributed by atoms with van der Waals surface area (Å²) in [5.74, 6) is 0.892. The first-order valence-corrected chi connectivity index (χ1v) is 9.11. The second kappa shape index (κ2) is 8.15. The van der Waals surface area contributed by atoms with Gasteiger partial charge in [0, 0.05) is 24.2 Å². The quantitative estimate of drug-likeness (QED) is 0.639. The zero-order chi connectivity index (χ0) is 19.3. The minimum absolute atomic E-state index is 0.153. The van der Waals surface area contributed by atoms with Gasteiger partial charge < -0.3 is 14.8 Å². The van der Waals surface area contributed by atoms with Crippen LogP contribution >= 0.6 is 11.6 Å². The average molecular weight is 393 g/mol. The molecule has 0 atom stereocenters. The lowest BCUT2D eigenvalue weighted by Gasteiger charge is -2.05. The molecule has 2 heterocycles. The van der Waals surface area contributed by atoms with Crippen LogP contribution in [0.2, 0.25) is 5.02 Å². The van der Waals surface area contributed by atoms with E-state index in [1.807, 2.05) is 36.4 Å². The van der Waals surface area contributed by atoms with Gasteiger partial charge in [-0.1, -0.05) is 23.7 Å². The van der Waals surface area contributed by atoms with Gasteiger partial charge >= 0.3 is 0 Å². The number of hydrogen-bond donors (Lipinski definition) is 1. The zero-order valence-electron chi connectivity index (χ0n) is 14.9. The lowest BCUT2D eigenvalue weighted by Crippen LogP contribution is -2.07. The first-order valence-electron chi connectivity index (χ1n) is 8.73. The standard InChI is InChI=1S/C22H17ClN2O3/c23-19-12-17(13-20-22(19)28-14-27-20)3-6-21(26)25-18-4-1-15(2-5-18)11-16-7-9-24-10-8-16/h1-10,12-13H,11,14H2,(H,25,26)/b6-3+. The molecule has 2 aromatic carbocycles. The maximum Gasteiger partial charge on any atom is 0.248 e. The van der Waals surface area contributed by atoms with Crippen molar-refractivity contribution in [3.8, 4) is 11.5 Å². The van der Waals surface area contributed by atoms with Crippen LogP contribution in [0, 0.1) is 0 Å². The van der Waals surface area contributed by atoms with E-state index in [-0.39, 0.29) is 12.7 Å². The predicted octanol–water partition coefficient (Wildman–Crippen LogP) is 4.71. The Bertz CT molecular complexity index is 1020. The molecule has 1 aliphatic rings. The van der Waals surface area contributed by atoms with Crippen LogP contribution < -0.4 is 14.8 Å². The summed E-state index contributed by atoms with van der Waals surface area (Å²) in [6, 6.07) is 15.3. The monoisotopic (exact) mass is 392 g/mol. The van der Waals surface area contributed by atoms with Crippen molar-refractivity contribution >= 4 is 29.3 Å². The van der Waals surface area contributed by atoms with E-state index >= 15 is 0 Å². The molecule has 6 heteroatoms. The molecule has 0 saturated carbocycles. The maximum absolute atomic E-state index is 12.2. The molecular formula is C22H17ClN2O3. The molecule has 1 aromatic heterocycles. The minimum atomic E-state index is -0.226. The molecular weight excluding hydrogens is 376 g/mol. The van der Waals surface area contributed by atoms with E-state index in [0.29, 0.717) is 16.5 Å². The number of carbonyl (C=O) groups excluding carboxylic acids is 1. The highest BCUT2D eigenvalue weighted by Gasteiger charge is 2.17. The second-order valence-corrected chi connectivity index (χ2v) is 6.70. The molecule has 1 aliphatic heterocycles. The van der Waals surface area contributed by atoms with Gasteiger partial charge in [-0.3, -0.25) is 9.78 Å². The number of anilines is 1. The number of carbonyl (C=O) groups is 1. The number of benzene rings is 2. The number of rotatable bonds is 5. The van der Waals surface area contributed by atoms with Crippen LogP contribution in [0.1, 0.15) is 16.7 Å². The fourth-order valence-corrected chi connectivity index (χ4v) is 3.16. The summed E-state index contributed by atoms with van der Waals surface area (Å²) >= 11 is 6.15. The molecule has 4 rings (SSSR count). The number of pyridine rings is 1. The number of amides is 1. The smallest absolute Gasteiger partial charge is 0.248 e. The Kier molecular flexibility index (Phi) is 5.26. The number of ether oxygens (including phenoxy) is 2. The van der Waals surface area contributed by atoms with Crippen molar-refractivity contribution in [1.82, 2.24) is 4.98 Å². The molecule has 1 N–H and O–H groups in total. The highest BCUT2D eigenvalue weighted by molar-refractivity contribution is 6.32. The molecule has 5 nitrogen and oxygen atoms in total. The topological polar surface area (TPSA) is 60.5 Å². The first kappa shape index (κ1) is 18.1. The van der Waals surface area contributed by atoms with Gasteiger partial charge in [0.15, 0.2) is 11.5 Å². The van der Waals surface area contributed by atoms with Gasteiger partial charge in [-0.2, -0.15) is 0 Å². The molecule has 28 heavy (non-hydrogen) atoms. The Morgan fingerprint density at radius 2 is 1.82 bits per heavy atom. The molecule has 1 amide bonds. The summed E-state index contributed by atoms with van der Waals surface area (Å²) in [5.41, 5.74) is 3.85. The first-order chi connectivity index (χ1) is 13.7. The molecule has 0 saturated heterocycles. The Labute approximate surface area is 167 Å². The van der Waals surface area contributed by atoms with Gasteiger partial charge in [0.05, 0.1) is 5.02 Å². The fraction of sp³-hybridized carbons (Fsp3) is 0.0909. The Hall–Kier alpha value is -3.31. The normalized spacial score (nSPS) is 12.3. The average Bonchev–Trinajstić information content (AvgIpc) is 3.18. The third-order valence-corrected chi connectivity index (χ3v) is 4.54. The lowest BCUT2D eigenvalue weighted by molar-refractivity contribution is -0.111. The van der Waals surface area contributed by atoms with Crippen LogP contribution in [0.25, 0.3) is 6.08 Å². The molecule has 0 fully saturated rings. The molecule has 0 bridgehead atoms. The predicted molar refractivity (Wildman–Crippen MR) is 109 cm³/mol. The van der Waals surface area contributed by atoms with Gasteiger partial charge in [0.1, 0.15) is 0 Å². The lowest BCUT2D eigenvalue weighted by atomic mass is 10.1. The van der Waals surface area contributed by atoms with Crippen LogP contribution in [0.4, 0.5) is 5.69 Å². The zero-order valence-corrected chi connectivity index (χ0v) is 15.6.